The minimum absolute atomic E-state index is 0.0963. The number of carbonyl (C=O) groups excluding carboxylic acids is 3. The fraction of sp³-hybridized carbons (Fsp3) is 0.556. The van der Waals surface area contributed by atoms with Gasteiger partial charge in [-0.3, -0.25) is 14.4 Å². The summed E-state index contributed by atoms with van der Waals surface area (Å²) in [6, 6.07) is 5.28. The number of hydrogen-bond acceptors (Lipinski definition) is 6. The lowest BCUT2D eigenvalue weighted by Gasteiger charge is -2.39. The number of amides is 2. The third-order valence-electron chi connectivity index (χ3n) is 7.05. The number of aryl methyl sites for hydroxylation is 3. The standard InChI is InChI=1S/C27H35N3O5/c1-5-34-27(33)20-9-8-11-29(16-20)26(32)22-10-6-7-12-30(22)25(31)21-15-23(35-28-21)24-18(3)13-17(2)14-19(24)4/h13-15,20,22H,5-12,16H2,1-4H3/t20-,22-/m0/s1. The number of nitrogens with zero attached hydrogens (tertiary/aromatic N) is 3. The van der Waals surface area contributed by atoms with Gasteiger partial charge in [-0.15, -0.1) is 0 Å². The highest BCUT2D eigenvalue weighted by molar-refractivity contribution is 5.97. The van der Waals surface area contributed by atoms with E-state index >= 15 is 0 Å². The first-order valence-corrected chi connectivity index (χ1v) is 12.6. The zero-order valence-electron chi connectivity index (χ0n) is 21.1. The number of ether oxygens (including phenoxy) is 1. The lowest BCUT2D eigenvalue weighted by molar-refractivity contribution is -0.152. The minimum Gasteiger partial charge on any atom is -0.466 e. The van der Waals surface area contributed by atoms with E-state index in [9.17, 15) is 14.4 Å². The molecule has 0 bridgehead atoms. The van der Waals surface area contributed by atoms with Crippen molar-refractivity contribution in [2.24, 2.45) is 5.92 Å². The quantitative estimate of drug-likeness (QED) is 0.598. The van der Waals surface area contributed by atoms with Gasteiger partial charge in [0.05, 0.1) is 12.5 Å². The van der Waals surface area contributed by atoms with Gasteiger partial charge in [0.25, 0.3) is 5.91 Å². The highest BCUT2D eigenvalue weighted by Gasteiger charge is 2.38. The van der Waals surface area contributed by atoms with Crippen LogP contribution in [0.25, 0.3) is 11.3 Å². The van der Waals surface area contributed by atoms with E-state index in [0.29, 0.717) is 38.4 Å². The van der Waals surface area contributed by atoms with Gasteiger partial charge in [0.2, 0.25) is 5.91 Å². The predicted octanol–water partition coefficient (Wildman–Crippen LogP) is 4.06. The lowest BCUT2D eigenvalue weighted by Crippen LogP contribution is -2.55. The van der Waals surface area contributed by atoms with E-state index < -0.39 is 6.04 Å². The minimum atomic E-state index is -0.555. The number of benzene rings is 1. The topological polar surface area (TPSA) is 93.0 Å². The number of carbonyl (C=O) groups is 3. The Morgan fingerprint density at radius 1 is 1.03 bits per heavy atom. The summed E-state index contributed by atoms with van der Waals surface area (Å²) >= 11 is 0. The second-order valence-corrected chi connectivity index (χ2v) is 9.74. The van der Waals surface area contributed by atoms with Gasteiger partial charge in [-0.05, 0) is 70.9 Å². The van der Waals surface area contributed by atoms with Gasteiger partial charge in [-0.1, -0.05) is 22.9 Å². The van der Waals surface area contributed by atoms with Gasteiger partial charge in [-0.2, -0.15) is 0 Å². The highest BCUT2D eigenvalue weighted by atomic mass is 16.5. The van der Waals surface area contributed by atoms with E-state index in [-0.39, 0.29) is 29.4 Å². The van der Waals surface area contributed by atoms with Gasteiger partial charge < -0.3 is 19.1 Å². The summed E-state index contributed by atoms with van der Waals surface area (Å²) in [6.07, 6.45) is 3.78. The molecule has 0 unspecified atom stereocenters. The molecule has 2 atom stereocenters. The Morgan fingerprint density at radius 2 is 1.77 bits per heavy atom. The molecule has 4 rings (SSSR count). The Morgan fingerprint density at radius 3 is 2.49 bits per heavy atom. The van der Waals surface area contributed by atoms with Crippen molar-refractivity contribution in [1.82, 2.24) is 15.0 Å². The number of likely N-dealkylation sites (tertiary alicyclic amines) is 2. The molecule has 1 aromatic heterocycles. The summed E-state index contributed by atoms with van der Waals surface area (Å²) in [7, 11) is 0. The molecular formula is C27H35N3O5. The van der Waals surface area contributed by atoms with Crippen LogP contribution < -0.4 is 0 Å². The first kappa shape index (κ1) is 24.9. The van der Waals surface area contributed by atoms with Crippen LogP contribution in [0.15, 0.2) is 22.7 Å². The maximum Gasteiger partial charge on any atom is 0.310 e. The fourth-order valence-electron chi connectivity index (χ4n) is 5.48. The van der Waals surface area contributed by atoms with Crippen molar-refractivity contribution in [3.8, 4) is 11.3 Å². The predicted molar refractivity (Wildman–Crippen MR) is 131 cm³/mol. The summed E-state index contributed by atoms with van der Waals surface area (Å²) in [5.41, 5.74) is 4.43. The average Bonchev–Trinajstić information content (AvgIpc) is 3.32. The fourth-order valence-corrected chi connectivity index (χ4v) is 5.48. The van der Waals surface area contributed by atoms with Crippen molar-refractivity contribution in [3.05, 3.63) is 40.6 Å². The van der Waals surface area contributed by atoms with Crippen LogP contribution in [0.5, 0.6) is 0 Å². The van der Waals surface area contributed by atoms with Gasteiger partial charge in [0.15, 0.2) is 11.5 Å². The van der Waals surface area contributed by atoms with Crippen LogP contribution in [-0.2, 0) is 14.3 Å². The molecule has 35 heavy (non-hydrogen) atoms. The van der Waals surface area contributed by atoms with Crippen molar-refractivity contribution in [1.29, 1.82) is 0 Å². The van der Waals surface area contributed by atoms with Crippen molar-refractivity contribution in [3.63, 3.8) is 0 Å². The number of rotatable bonds is 5. The summed E-state index contributed by atoms with van der Waals surface area (Å²) in [6.45, 7) is 9.62. The summed E-state index contributed by atoms with van der Waals surface area (Å²) in [5, 5.41) is 4.08. The van der Waals surface area contributed by atoms with E-state index in [1.54, 1.807) is 22.8 Å². The molecule has 0 N–H and O–H groups in total. The van der Waals surface area contributed by atoms with Crippen LogP contribution in [0, 0.1) is 26.7 Å². The van der Waals surface area contributed by atoms with Crippen LogP contribution in [0.4, 0.5) is 0 Å². The van der Waals surface area contributed by atoms with E-state index in [1.807, 2.05) is 20.8 Å². The highest BCUT2D eigenvalue weighted by Crippen LogP contribution is 2.30. The van der Waals surface area contributed by atoms with Crippen LogP contribution in [-0.4, -0.2) is 65.0 Å². The maximum atomic E-state index is 13.5. The molecule has 188 valence electrons. The summed E-state index contributed by atoms with van der Waals surface area (Å²) in [5.74, 6) is -0.394. The molecule has 0 aliphatic carbocycles. The van der Waals surface area contributed by atoms with Crippen LogP contribution in [0.2, 0.25) is 0 Å². The number of esters is 1. The molecule has 8 nitrogen and oxygen atoms in total. The average molecular weight is 482 g/mol. The van der Waals surface area contributed by atoms with Crippen molar-refractivity contribution < 1.29 is 23.6 Å². The van der Waals surface area contributed by atoms with Crippen LogP contribution in [0.3, 0.4) is 0 Å². The molecule has 0 radical (unpaired) electrons. The molecule has 2 aliphatic heterocycles. The van der Waals surface area contributed by atoms with E-state index in [0.717, 1.165) is 47.9 Å². The Labute approximate surface area is 206 Å². The molecule has 2 saturated heterocycles. The maximum absolute atomic E-state index is 13.5. The Balaban J connectivity index is 1.52. The Hall–Kier alpha value is -3.16. The zero-order chi connectivity index (χ0) is 25.1. The Kier molecular flexibility index (Phi) is 7.57. The normalized spacial score (nSPS) is 20.6. The molecule has 2 aromatic rings. The Bertz CT molecular complexity index is 1080. The van der Waals surface area contributed by atoms with Gasteiger partial charge in [-0.25, -0.2) is 0 Å². The molecule has 2 fully saturated rings. The molecule has 1 aromatic carbocycles. The zero-order valence-corrected chi connectivity index (χ0v) is 21.1. The third-order valence-corrected chi connectivity index (χ3v) is 7.05. The summed E-state index contributed by atoms with van der Waals surface area (Å²) < 4.78 is 10.8. The second-order valence-electron chi connectivity index (χ2n) is 9.74. The van der Waals surface area contributed by atoms with Gasteiger partial charge >= 0.3 is 5.97 Å². The molecule has 3 heterocycles. The van der Waals surface area contributed by atoms with Crippen molar-refractivity contribution in [2.75, 3.05) is 26.2 Å². The molecule has 2 aliphatic rings. The van der Waals surface area contributed by atoms with Crippen LogP contribution in [0.1, 0.15) is 66.2 Å². The monoisotopic (exact) mass is 481 g/mol. The molecule has 0 spiro atoms. The first-order valence-electron chi connectivity index (χ1n) is 12.6. The number of hydrogen-bond donors (Lipinski definition) is 0. The van der Waals surface area contributed by atoms with Crippen molar-refractivity contribution in [2.45, 2.75) is 65.8 Å². The number of aromatic nitrogens is 1. The second kappa shape index (κ2) is 10.6. The van der Waals surface area contributed by atoms with Crippen LogP contribution >= 0.6 is 0 Å². The smallest absolute Gasteiger partial charge is 0.310 e. The molecule has 8 heteroatoms. The largest absolute Gasteiger partial charge is 0.466 e. The van der Waals surface area contributed by atoms with Gasteiger partial charge in [0.1, 0.15) is 6.04 Å². The molecular weight excluding hydrogens is 446 g/mol. The van der Waals surface area contributed by atoms with Crippen molar-refractivity contribution >= 4 is 17.8 Å². The molecule has 2 amide bonds. The summed E-state index contributed by atoms with van der Waals surface area (Å²) in [4.78, 5) is 42.6. The number of piperidine rings is 2. The SMILES string of the molecule is CCOC(=O)[C@H]1CCCN(C(=O)[C@@H]2CCCCN2C(=O)c2cc(-c3c(C)cc(C)cc3C)on2)C1. The van der Waals surface area contributed by atoms with E-state index in [4.69, 9.17) is 9.26 Å². The van der Waals surface area contributed by atoms with Gasteiger partial charge in [0, 0.05) is 31.3 Å². The third kappa shape index (κ3) is 5.26. The molecule has 0 saturated carbocycles. The van der Waals surface area contributed by atoms with E-state index in [1.165, 1.54) is 0 Å². The van der Waals surface area contributed by atoms with E-state index in [2.05, 4.69) is 17.3 Å². The lowest BCUT2D eigenvalue weighted by atomic mass is 9.95. The first-order chi connectivity index (χ1) is 16.8.